The Balaban J connectivity index is 1.47. The number of carbonyl (C=O) groups excluding carboxylic acids is 3. The SMILES string of the molecule is CN(Cc1ccccc1)C(=O)COC(=O)[C@H]1CC(=O)N(Cc2ccccc2Cl)C1. The minimum atomic E-state index is -0.572. The van der Waals surface area contributed by atoms with E-state index in [4.69, 9.17) is 16.3 Å². The van der Waals surface area contributed by atoms with E-state index in [1.807, 2.05) is 48.5 Å². The number of hydrogen-bond donors (Lipinski definition) is 0. The van der Waals surface area contributed by atoms with Crippen LogP contribution in [0.5, 0.6) is 0 Å². The molecule has 2 aromatic rings. The summed E-state index contributed by atoms with van der Waals surface area (Å²) in [7, 11) is 1.66. The molecule has 3 rings (SSSR count). The Kier molecular flexibility index (Phi) is 6.88. The zero-order valence-corrected chi connectivity index (χ0v) is 17.0. The van der Waals surface area contributed by atoms with Crippen LogP contribution in [0.2, 0.25) is 5.02 Å². The highest BCUT2D eigenvalue weighted by Gasteiger charge is 2.35. The average molecular weight is 415 g/mol. The molecule has 1 atom stereocenters. The van der Waals surface area contributed by atoms with Crippen LogP contribution in [0.4, 0.5) is 0 Å². The number of carbonyl (C=O) groups is 3. The number of halogens is 1. The molecule has 0 bridgehead atoms. The molecule has 1 fully saturated rings. The Hall–Kier alpha value is -2.86. The molecule has 2 aromatic carbocycles. The lowest BCUT2D eigenvalue weighted by Gasteiger charge is -2.18. The molecule has 0 saturated carbocycles. The second-order valence-electron chi connectivity index (χ2n) is 7.11. The van der Waals surface area contributed by atoms with Crippen LogP contribution >= 0.6 is 11.6 Å². The molecule has 0 N–H and O–H groups in total. The molecule has 0 spiro atoms. The van der Waals surface area contributed by atoms with Crippen molar-refractivity contribution in [2.45, 2.75) is 19.5 Å². The van der Waals surface area contributed by atoms with Gasteiger partial charge in [0, 0.05) is 38.1 Å². The van der Waals surface area contributed by atoms with E-state index in [2.05, 4.69) is 0 Å². The Morgan fingerprint density at radius 1 is 1.14 bits per heavy atom. The van der Waals surface area contributed by atoms with Gasteiger partial charge in [0.1, 0.15) is 0 Å². The summed E-state index contributed by atoms with van der Waals surface area (Å²) < 4.78 is 5.18. The van der Waals surface area contributed by atoms with Crippen molar-refractivity contribution in [3.8, 4) is 0 Å². The number of nitrogens with zero attached hydrogens (tertiary/aromatic N) is 2. The largest absolute Gasteiger partial charge is 0.455 e. The number of likely N-dealkylation sites (tertiary alicyclic amines) is 1. The highest BCUT2D eigenvalue weighted by molar-refractivity contribution is 6.31. The first kappa shape index (κ1) is 20.9. The van der Waals surface area contributed by atoms with E-state index in [1.165, 1.54) is 4.90 Å². The lowest BCUT2D eigenvalue weighted by atomic mass is 10.1. The monoisotopic (exact) mass is 414 g/mol. The predicted octanol–water partition coefficient (Wildman–Crippen LogP) is 2.89. The Labute approximate surface area is 175 Å². The summed E-state index contributed by atoms with van der Waals surface area (Å²) in [4.78, 5) is 39.9. The van der Waals surface area contributed by atoms with Gasteiger partial charge >= 0.3 is 5.97 Å². The third-order valence-corrected chi connectivity index (χ3v) is 5.26. The number of likely N-dealkylation sites (N-methyl/N-ethyl adjacent to an activating group) is 1. The molecule has 0 aliphatic carbocycles. The summed E-state index contributed by atoms with van der Waals surface area (Å²) in [5, 5.41) is 0.582. The van der Waals surface area contributed by atoms with E-state index in [0.717, 1.165) is 11.1 Å². The molecule has 0 radical (unpaired) electrons. The smallest absolute Gasteiger partial charge is 0.311 e. The summed E-state index contributed by atoms with van der Waals surface area (Å²) in [6.45, 7) is 0.708. The lowest BCUT2D eigenvalue weighted by molar-refractivity contribution is -0.155. The maximum atomic E-state index is 12.3. The van der Waals surface area contributed by atoms with Crippen molar-refractivity contribution < 1.29 is 19.1 Å². The van der Waals surface area contributed by atoms with Gasteiger partial charge in [0.15, 0.2) is 6.61 Å². The first-order valence-electron chi connectivity index (χ1n) is 9.39. The van der Waals surface area contributed by atoms with Gasteiger partial charge in [0.25, 0.3) is 5.91 Å². The van der Waals surface area contributed by atoms with Crippen LogP contribution in [0.15, 0.2) is 54.6 Å². The molecular formula is C22H23ClN2O4. The summed E-state index contributed by atoms with van der Waals surface area (Å²) in [6, 6.07) is 16.8. The third-order valence-electron chi connectivity index (χ3n) is 4.89. The third kappa shape index (κ3) is 5.57. The van der Waals surface area contributed by atoms with Crippen molar-refractivity contribution in [2.24, 2.45) is 5.92 Å². The quantitative estimate of drug-likeness (QED) is 0.653. The molecular weight excluding hydrogens is 392 g/mol. The Morgan fingerprint density at radius 2 is 1.83 bits per heavy atom. The number of rotatable bonds is 7. The van der Waals surface area contributed by atoms with Crippen molar-refractivity contribution in [1.29, 1.82) is 0 Å². The van der Waals surface area contributed by atoms with Gasteiger partial charge in [0.05, 0.1) is 5.92 Å². The van der Waals surface area contributed by atoms with Crippen LogP contribution in [0, 0.1) is 5.92 Å². The zero-order chi connectivity index (χ0) is 20.8. The van der Waals surface area contributed by atoms with E-state index in [-0.39, 0.29) is 31.4 Å². The minimum absolute atomic E-state index is 0.0807. The number of benzene rings is 2. The van der Waals surface area contributed by atoms with Gasteiger partial charge < -0.3 is 14.5 Å². The predicted molar refractivity (Wildman–Crippen MR) is 109 cm³/mol. The summed E-state index contributed by atoms with van der Waals surface area (Å²) in [5.41, 5.74) is 1.82. The van der Waals surface area contributed by atoms with Crippen LogP contribution in [0.25, 0.3) is 0 Å². The summed E-state index contributed by atoms with van der Waals surface area (Å²) in [5.74, 6) is -1.52. The van der Waals surface area contributed by atoms with Crippen molar-refractivity contribution in [3.05, 3.63) is 70.7 Å². The van der Waals surface area contributed by atoms with E-state index in [0.29, 0.717) is 18.1 Å². The fourth-order valence-corrected chi connectivity index (χ4v) is 3.42. The van der Waals surface area contributed by atoms with Gasteiger partial charge in [-0.1, -0.05) is 60.1 Å². The molecule has 6 nitrogen and oxygen atoms in total. The minimum Gasteiger partial charge on any atom is -0.455 e. The molecule has 1 heterocycles. The number of esters is 1. The molecule has 1 aliphatic rings. The van der Waals surface area contributed by atoms with Crippen molar-refractivity contribution in [2.75, 3.05) is 20.2 Å². The Morgan fingerprint density at radius 3 is 2.55 bits per heavy atom. The molecule has 29 heavy (non-hydrogen) atoms. The van der Waals surface area contributed by atoms with Gasteiger partial charge in [-0.25, -0.2) is 0 Å². The van der Waals surface area contributed by atoms with Crippen molar-refractivity contribution >= 4 is 29.4 Å². The van der Waals surface area contributed by atoms with E-state index in [1.54, 1.807) is 18.0 Å². The van der Waals surface area contributed by atoms with Gasteiger partial charge in [-0.15, -0.1) is 0 Å². The van der Waals surface area contributed by atoms with Crippen LogP contribution in [0.1, 0.15) is 17.5 Å². The van der Waals surface area contributed by atoms with Crippen LogP contribution in [-0.2, 0) is 32.2 Å². The van der Waals surface area contributed by atoms with Gasteiger partial charge in [0.2, 0.25) is 5.91 Å². The van der Waals surface area contributed by atoms with Crippen LogP contribution in [0.3, 0.4) is 0 Å². The fraction of sp³-hybridized carbons (Fsp3) is 0.318. The Bertz CT molecular complexity index is 887. The summed E-state index contributed by atoms with van der Waals surface area (Å²) >= 11 is 6.15. The van der Waals surface area contributed by atoms with E-state index >= 15 is 0 Å². The van der Waals surface area contributed by atoms with Crippen molar-refractivity contribution in [3.63, 3.8) is 0 Å². The maximum absolute atomic E-state index is 12.3. The molecule has 1 saturated heterocycles. The first-order valence-corrected chi connectivity index (χ1v) is 9.77. The number of amides is 2. The number of hydrogen-bond acceptors (Lipinski definition) is 4. The zero-order valence-electron chi connectivity index (χ0n) is 16.2. The second-order valence-corrected chi connectivity index (χ2v) is 7.52. The first-order chi connectivity index (χ1) is 13.9. The number of ether oxygens (including phenoxy) is 1. The van der Waals surface area contributed by atoms with E-state index in [9.17, 15) is 14.4 Å². The van der Waals surface area contributed by atoms with Gasteiger partial charge in [-0.05, 0) is 17.2 Å². The highest BCUT2D eigenvalue weighted by Crippen LogP contribution is 2.24. The van der Waals surface area contributed by atoms with Crippen LogP contribution < -0.4 is 0 Å². The fourth-order valence-electron chi connectivity index (χ4n) is 3.22. The van der Waals surface area contributed by atoms with Gasteiger partial charge in [-0.2, -0.15) is 0 Å². The molecule has 0 unspecified atom stereocenters. The van der Waals surface area contributed by atoms with Crippen LogP contribution in [-0.4, -0.2) is 47.8 Å². The van der Waals surface area contributed by atoms with Crippen molar-refractivity contribution in [1.82, 2.24) is 9.80 Å². The molecule has 7 heteroatoms. The normalized spacial score (nSPS) is 16.0. The summed E-state index contributed by atoms with van der Waals surface area (Å²) in [6.07, 6.45) is 0.0807. The van der Waals surface area contributed by atoms with Gasteiger partial charge in [-0.3, -0.25) is 14.4 Å². The van der Waals surface area contributed by atoms with E-state index < -0.39 is 11.9 Å². The molecule has 1 aliphatic heterocycles. The highest BCUT2D eigenvalue weighted by atomic mass is 35.5. The second kappa shape index (κ2) is 9.56. The molecule has 0 aromatic heterocycles. The average Bonchev–Trinajstić information content (AvgIpc) is 3.09. The standard InChI is InChI=1S/C22H23ClN2O4/c1-24(12-16-7-3-2-4-8-16)21(27)15-29-22(28)18-11-20(26)25(14-18)13-17-9-5-6-10-19(17)23/h2-10,18H,11-15H2,1H3/t18-/m0/s1. The topological polar surface area (TPSA) is 66.9 Å². The molecule has 152 valence electrons. The maximum Gasteiger partial charge on any atom is 0.311 e. The molecule has 2 amide bonds. The lowest BCUT2D eigenvalue weighted by Crippen LogP contribution is -2.32.